The molecule has 2 aliphatic heterocycles. The summed E-state index contributed by atoms with van der Waals surface area (Å²) in [6, 6.07) is 7.92. The van der Waals surface area contributed by atoms with Crippen LogP contribution >= 0.6 is 0 Å². The maximum absolute atomic E-state index is 12.2. The monoisotopic (exact) mass is 413 g/mol. The maximum Gasteiger partial charge on any atom is 0.253 e. The van der Waals surface area contributed by atoms with Gasteiger partial charge in [0, 0.05) is 52.4 Å². The second-order valence-electron chi connectivity index (χ2n) is 8.85. The summed E-state index contributed by atoms with van der Waals surface area (Å²) in [6.07, 6.45) is 6.23. The van der Waals surface area contributed by atoms with E-state index in [0.717, 1.165) is 55.6 Å². The zero-order chi connectivity index (χ0) is 21.3. The van der Waals surface area contributed by atoms with Crippen molar-refractivity contribution in [2.24, 2.45) is 10.9 Å². The molecule has 1 unspecified atom stereocenters. The third-order valence-electron chi connectivity index (χ3n) is 6.13. The molecule has 1 amide bonds. The van der Waals surface area contributed by atoms with Gasteiger partial charge in [0.05, 0.1) is 0 Å². The number of guanidine groups is 1. The lowest BCUT2D eigenvalue weighted by Gasteiger charge is -2.29. The molecule has 30 heavy (non-hydrogen) atoms. The van der Waals surface area contributed by atoms with E-state index in [4.69, 9.17) is 4.99 Å². The summed E-state index contributed by atoms with van der Waals surface area (Å²) in [5.41, 5.74) is 1.90. The van der Waals surface area contributed by atoms with Gasteiger partial charge in [-0.3, -0.25) is 9.79 Å². The van der Waals surface area contributed by atoms with E-state index in [1.807, 2.05) is 18.2 Å². The molecule has 6 nitrogen and oxygen atoms in total. The smallest absolute Gasteiger partial charge is 0.253 e. The number of rotatable bonds is 7. The van der Waals surface area contributed by atoms with Crippen molar-refractivity contribution >= 4 is 11.9 Å². The number of carbonyl (C=O) groups is 1. The second kappa shape index (κ2) is 11.3. The molecule has 1 N–H and O–H groups in total. The number of carbonyl (C=O) groups excluding carboxylic acids is 1. The molecule has 1 aromatic carbocycles. The Labute approximate surface area is 182 Å². The first-order valence-electron chi connectivity index (χ1n) is 11.6. The molecular formula is C24H39N5O. The van der Waals surface area contributed by atoms with E-state index in [-0.39, 0.29) is 5.91 Å². The minimum atomic E-state index is 0.0468. The first-order valence-corrected chi connectivity index (χ1v) is 11.6. The van der Waals surface area contributed by atoms with Gasteiger partial charge in [-0.15, -0.1) is 0 Å². The third kappa shape index (κ3) is 6.46. The maximum atomic E-state index is 12.2. The van der Waals surface area contributed by atoms with Crippen LogP contribution in [0.2, 0.25) is 0 Å². The molecule has 166 valence electrons. The third-order valence-corrected chi connectivity index (χ3v) is 6.13. The van der Waals surface area contributed by atoms with E-state index >= 15 is 0 Å². The Bertz CT molecular complexity index is 711. The summed E-state index contributed by atoms with van der Waals surface area (Å²) in [5.74, 6) is 1.84. The van der Waals surface area contributed by atoms with E-state index in [9.17, 15) is 4.79 Å². The molecular weight excluding hydrogens is 374 g/mol. The molecule has 3 rings (SSSR count). The van der Waals surface area contributed by atoms with Crippen LogP contribution < -0.4 is 5.32 Å². The molecule has 0 aromatic heterocycles. The average molecular weight is 414 g/mol. The van der Waals surface area contributed by atoms with Gasteiger partial charge in [0.25, 0.3) is 5.91 Å². The van der Waals surface area contributed by atoms with Gasteiger partial charge in [-0.1, -0.05) is 18.6 Å². The molecule has 2 fully saturated rings. The largest absolute Gasteiger partial charge is 0.357 e. The predicted molar refractivity (Wildman–Crippen MR) is 124 cm³/mol. The number of amides is 1. The number of nitrogens with one attached hydrogen (secondary N) is 1. The highest BCUT2D eigenvalue weighted by molar-refractivity contribution is 5.94. The Morgan fingerprint density at radius 3 is 2.73 bits per heavy atom. The zero-order valence-corrected chi connectivity index (χ0v) is 19.1. The van der Waals surface area contributed by atoms with Crippen molar-refractivity contribution in [3.8, 4) is 0 Å². The summed E-state index contributed by atoms with van der Waals surface area (Å²) in [6.45, 7) is 9.75. The van der Waals surface area contributed by atoms with Crippen molar-refractivity contribution < 1.29 is 4.79 Å². The Morgan fingerprint density at radius 2 is 2.00 bits per heavy atom. The van der Waals surface area contributed by atoms with Gasteiger partial charge < -0.3 is 20.0 Å². The van der Waals surface area contributed by atoms with Crippen molar-refractivity contribution in [1.82, 2.24) is 20.0 Å². The van der Waals surface area contributed by atoms with Crippen LogP contribution in [0.3, 0.4) is 0 Å². The molecule has 2 heterocycles. The normalized spacial score (nSPS) is 20.4. The first-order chi connectivity index (χ1) is 14.6. The number of aliphatic imine (C=N–C) groups is 1. The summed E-state index contributed by atoms with van der Waals surface area (Å²) in [4.78, 5) is 23.8. The molecule has 1 aromatic rings. The highest BCUT2D eigenvalue weighted by atomic mass is 16.2. The molecule has 0 saturated carbocycles. The van der Waals surface area contributed by atoms with Crippen LogP contribution in [-0.2, 0) is 6.42 Å². The Balaban J connectivity index is 1.53. The highest BCUT2D eigenvalue weighted by Gasteiger charge is 2.26. The topological polar surface area (TPSA) is 51.2 Å². The molecule has 2 aliphatic rings. The van der Waals surface area contributed by atoms with E-state index < -0.39 is 0 Å². The Morgan fingerprint density at radius 1 is 1.20 bits per heavy atom. The number of hydrogen-bond acceptors (Lipinski definition) is 3. The number of nitrogens with zero attached hydrogens (tertiary/aromatic N) is 4. The van der Waals surface area contributed by atoms with Crippen LogP contribution in [0.5, 0.6) is 0 Å². The summed E-state index contributed by atoms with van der Waals surface area (Å²) in [7, 11) is 3.58. The summed E-state index contributed by atoms with van der Waals surface area (Å²) < 4.78 is 0. The van der Waals surface area contributed by atoms with Gasteiger partial charge in [-0.25, -0.2) is 0 Å². The highest BCUT2D eigenvalue weighted by Crippen LogP contribution is 2.20. The van der Waals surface area contributed by atoms with Gasteiger partial charge >= 0.3 is 0 Å². The molecule has 0 spiro atoms. The van der Waals surface area contributed by atoms with Crippen molar-refractivity contribution in [3.63, 3.8) is 0 Å². The molecule has 2 saturated heterocycles. The summed E-state index contributed by atoms with van der Waals surface area (Å²) in [5, 5.41) is 3.48. The lowest BCUT2D eigenvalue weighted by atomic mass is 10.1. The number of piperidine rings is 1. The van der Waals surface area contributed by atoms with Crippen LogP contribution in [0.15, 0.2) is 29.3 Å². The number of benzene rings is 1. The van der Waals surface area contributed by atoms with E-state index in [2.05, 4.69) is 28.1 Å². The van der Waals surface area contributed by atoms with Crippen LogP contribution in [-0.4, -0.2) is 86.5 Å². The lowest BCUT2D eigenvalue weighted by molar-refractivity contribution is 0.0827. The van der Waals surface area contributed by atoms with Gasteiger partial charge in [0.2, 0.25) is 0 Å². The van der Waals surface area contributed by atoms with Crippen molar-refractivity contribution in [2.75, 3.05) is 59.9 Å². The van der Waals surface area contributed by atoms with Gasteiger partial charge in [-0.2, -0.15) is 0 Å². The van der Waals surface area contributed by atoms with Gasteiger partial charge in [-0.05, 0) is 69.3 Å². The van der Waals surface area contributed by atoms with Gasteiger partial charge in [0.15, 0.2) is 5.96 Å². The predicted octanol–water partition coefficient (Wildman–Crippen LogP) is 2.70. The summed E-state index contributed by atoms with van der Waals surface area (Å²) >= 11 is 0. The number of likely N-dealkylation sites (tertiary alicyclic amines) is 2. The standard InChI is InChI=1S/C24H39N5O/c1-4-25-24(29-16-12-21(19-29)18-28-14-6-5-7-15-28)26-13-11-20-9-8-10-22(17-20)23(30)27(2)3/h8-10,17,21H,4-7,11-16,18-19H2,1-3H3,(H,25,26). The minimum Gasteiger partial charge on any atom is -0.357 e. The van der Waals surface area contributed by atoms with E-state index in [1.54, 1.807) is 19.0 Å². The molecule has 6 heteroatoms. The minimum absolute atomic E-state index is 0.0468. The quantitative estimate of drug-likeness (QED) is 0.552. The Kier molecular flexibility index (Phi) is 8.55. The molecule has 0 aliphatic carbocycles. The fraction of sp³-hybridized carbons (Fsp3) is 0.667. The van der Waals surface area contributed by atoms with Crippen LogP contribution in [0, 0.1) is 5.92 Å². The first kappa shape index (κ1) is 22.6. The fourth-order valence-electron chi connectivity index (χ4n) is 4.52. The van der Waals surface area contributed by atoms with Crippen LogP contribution in [0.4, 0.5) is 0 Å². The van der Waals surface area contributed by atoms with Crippen molar-refractivity contribution in [3.05, 3.63) is 35.4 Å². The lowest BCUT2D eigenvalue weighted by Crippen LogP contribution is -2.41. The van der Waals surface area contributed by atoms with Gasteiger partial charge in [0.1, 0.15) is 0 Å². The zero-order valence-electron chi connectivity index (χ0n) is 19.1. The second-order valence-corrected chi connectivity index (χ2v) is 8.85. The molecule has 0 radical (unpaired) electrons. The van der Waals surface area contributed by atoms with E-state index in [0.29, 0.717) is 0 Å². The molecule has 1 atom stereocenters. The Hall–Kier alpha value is -2.08. The SMILES string of the molecule is CCNC(=NCCc1cccc(C(=O)N(C)C)c1)N1CCC(CN2CCCCC2)C1. The fourth-order valence-corrected chi connectivity index (χ4v) is 4.52. The van der Waals surface area contributed by atoms with Crippen molar-refractivity contribution in [2.45, 2.75) is 39.0 Å². The molecule has 0 bridgehead atoms. The number of hydrogen-bond donors (Lipinski definition) is 1. The average Bonchev–Trinajstić information content (AvgIpc) is 3.21. The van der Waals surface area contributed by atoms with Crippen molar-refractivity contribution in [1.29, 1.82) is 0 Å². The van der Waals surface area contributed by atoms with E-state index in [1.165, 1.54) is 45.3 Å². The van der Waals surface area contributed by atoms with Crippen LogP contribution in [0.25, 0.3) is 0 Å². The van der Waals surface area contributed by atoms with Crippen LogP contribution in [0.1, 0.15) is 48.5 Å².